The zero-order valence-corrected chi connectivity index (χ0v) is 16.3. The zero-order chi connectivity index (χ0) is 19.3. The SMILES string of the molecule is COCc1ccc(CNc2nc(Cl)nc3cccc(-c4ccccc4)c23)cc1. The average Bonchev–Trinajstić information content (AvgIpc) is 2.73. The van der Waals surface area contributed by atoms with Gasteiger partial charge in [0.1, 0.15) is 5.82 Å². The summed E-state index contributed by atoms with van der Waals surface area (Å²) in [6.45, 7) is 1.25. The highest BCUT2D eigenvalue weighted by molar-refractivity contribution is 6.29. The van der Waals surface area contributed by atoms with Crippen LogP contribution in [-0.2, 0) is 17.9 Å². The third-order valence-electron chi connectivity index (χ3n) is 4.57. The Hall–Kier alpha value is -2.95. The van der Waals surface area contributed by atoms with Crippen molar-refractivity contribution in [1.82, 2.24) is 9.97 Å². The third-order valence-corrected chi connectivity index (χ3v) is 4.74. The summed E-state index contributed by atoms with van der Waals surface area (Å²) in [6, 6.07) is 24.6. The molecule has 140 valence electrons. The van der Waals surface area contributed by atoms with Gasteiger partial charge in [-0.25, -0.2) is 9.97 Å². The monoisotopic (exact) mass is 389 g/mol. The molecule has 1 heterocycles. The van der Waals surface area contributed by atoms with Crippen molar-refractivity contribution in [2.75, 3.05) is 12.4 Å². The number of rotatable bonds is 6. The van der Waals surface area contributed by atoms with E-state index in [-0.39, 0.29) is 5.28 Å². The van der Waals surface area contributed by atoms with Gasteiger partial charge in [0.15, 0.2) is 0 Å². The number of methoxy groups -OCH3 is 1. The molecule has 0 aliphatic carbocycles. The number of anilines is 1. The summed E-state index contributed by atoms with van der Waals surface area (Å²) in [4.78, 5) is 8.88. The van der Waals surface area contributed by atoms with E-state index in [4.69, 9.17) is 16.3 Å². The first-order valence-electron chi connectivity index (χ1n) is 9.07. The van der Waals surface area contributed by atoms with Crippen LogP contribution in [0.3, 0.4) is 0 Å². The summed E-state index contributed by atoms with van der Waals surface area (Å²) in [7, 11) is 1.70. The van der Waals surface area contributed by atoms with Crippen molar-refractivity contribution in [3.8, 4) is 11.1 Å². The number of ether oxygens (including phenoxy) is 1. The van der Waals surface area contributed by atoms with Crippen LogP contribution in [-0.4, -0.2) is 17.1 Å². The zero-order valence-electron chi connectivity index (χ0n) is 15.5. The Morgan fingerprint density at radius 3 is 2.36 bits per heavy atom. The van der Waals surface area contributed by atoms with Crippen LogP contribution in [0.25, 0.3) is 22.0 Å². The van der Waals surface area contributed by atoms with E-state index in [2.05, 4.69) is 57.7 Å². The lowest BCUT2D eigenvalue weighted by atomic mass is 10.0. The van der Waals surface area contributed by atoms with Gasteiger partial charge in [0.25, 0.3) is 0 Å². The van der Waals surface area contributed by atoms with Gasteiger partial charge in [-0.15, -0.1) is 0 Å². The van der Waals surface area contributed by atoms with E-state index in [1.54, 1.807) is 7.11 Å². The van der Waals surface area contributed by atoms with Crippen LogP contribution in [0.1, 0.15) is 11.1 Å². The maximum atomic E-state index is 6.18. The summed E-state index contributed by atoms with van der Waals surface area (Å²) in [5, 5.41) is 4.64. The minimum Gasteiger partial charge on any atom is -0.380 e. The molecule has 0 unspecified atom stereocenters. The molecule has 0 fully saturated rings. The van der Waals surface area contributed by atoms with Crippen molar-refractivity contribution in [3.05, 3.63) is 89.2 Å². The maximum absolute atomic E-state index is 6.18. The number of nitrogens with zero attached hydrogens (tertiary/aromatic N) is 2. The van der Waals surface area contributed by atoms with Gasteiger partial charge in [0.2, 0.25) is 5.28 Å². The normalized spacial score (nSPS) is 10.9. The van der Waals surface area contributed by atoms with Crippen LogP contribution < -0.4 is 5.32 Å². The molecule has 1 N–H and O–H groups in total. The lowest BCUT2D eigenvalue weighted by Gasteiger charge is -2.13. The van der Waals surface area contributed by atoms with Crippen molar-refractivity contribution >= 4 is 28.3 Å². The van der Waals surface area contributed by atoms with Crippen molar-refractivity contribution in [1.29, 1.82) is 0 Å². The number of nitrogens with one attached hydrogen (secondary N) is 1. The first kappa shape index (κ1) is 18.4. The predicted molar refractivity (Wildman–Crippen MR) is 114 cm³/mol. The van der Waals surface area contributed by atoms with Gasteiger partial charge in [-0.3, -0.25) is 0 Å². The van der Waals surface area contributed by atoms with Crippen LogP contribution in [0, 0.1) is 0 Å². The molecule has 4 rings (SSSR count). The number of aromatic nitrogens is 2. The van der Waals surface area contributed by atoms with E-state index in [0.717, 1.165) is 39.0 Å². The summed E-state index contributed by atoms with van der Waals surface area (Å²) >= 11 is 6.18. The Labute approximate surface area is 169 Å². The number of hydrogen-bond acceptors (Lipinski definition) is 4. The minimum absolute atomic E-state index is 0.232. The van der Waals surface area contributed by atoms with Crippen LogP contribution in [0.2, 0.25) is 5.28 Å². The molecule has 5 heteroatoms. The van der Waals surface area contributed by atoms with Crippen molar-refractivity contribution in [2.45, 2.75) is 13.2 Å². The molecule has 0 aliphatic heterocycles. The molecule has 0 aliphatic rings. The molecule has 0 radical (unpaired) electrons. The molecule has 4 nitrogen and oxygen atoms in total. The lowest BCUT2D eigenvalue weighted by molar-refractivity contribution is 0.185. The fourth-order valence-corrected chi connectivity index (χ4v) is 3.42. The van der Waals surface area contributed by atoms with Gasteiger partial charge in [-0.2, -0.15) is 0 Å². The van der Waals surface area contributed by atoms with Crippen LogP contribution >= 0.6 is 11.6 Å². The van der Waals surface area contributed by atoms with Gasteiger partial charge in [-0.1, -0.05) is 66.7 Å². The minimum atomic E-state index is 0.232. The van der Waals surface area contributed by atoms with E-state index in [9.17, 15) is 0 Å². The molecule has 0 atom stereocenters. The fraction of sp³-hybridized carbons (Fsp3) is 0.130. The second kappa shape index (κ2) is 8.38. The molecule has 0 amide bonds. The molecule has 0 saturated carbocycles. The molecule has 3 aromatic carbocycles. The molecule has 28 heavy (non-hydrogen) atoms. The number of fused-ring (bicyclic) bond motifs is 1. The first-order valence-corrected chi connectivity index (χ1v) is 9.45. The highest BCUT2D eigenvalue weighted by Gasteiger charge is 2.12. The van der Waals surface area contributed by atoms with Gasteiger partial charge in [0, 0.05) is 13.7 Å². The Balaban J connectivity index is 1.70. The van der Waals surface area contributed by atoms with E-state index in [0.29, 0.717) is 13.2 Å². The molecule has 1 aromatic heterocycles. The van der Waals surface area contributed by atoms with E-state index < -0.39 is 0 Å². The second-order valence-corrected chi connectivity index (χ2v) is 6.85. The molecular formula is C23H20ClN3O. The van der Waals surface area contributed by atoms with Crippen molar-refractivity contribution in [2.24, 2.45) is 0 Å². The van der Waals surface area contributed by atoms with E-state index in [1.807, 2.05) is 30.3 Å². The fourth-order valence-electron chi connectivity index (χ4n) is 3.25. The van der Waals surface area contributed by atoms with Crippen molar-refractivity contribution in [3.63, 3.8) is 0 Å². The highest BCUT2D eigenvalue weighted by Crippen LogP contribution is 2.33. The lowest BCUT2D eigenvalue weighted by Crippen LogP contribution is -2.04. The molecule has 0 spiro atoms. The summed E-state index contributed by atoms with van der Waals surface area (Å²) < 4.78 is 5.17. The number of benzene rings is 3. The highest BCUT2D eigenvalue weighted by atomic mass is 35.5. The Bertz CT molecular complexity index is 1080. The predicted octanol–water partition coefficient (Wildman–Crippen LogP) is 5.71. The molecule has 0 bridgehead atoms. The second-order valence-electron chi connectivity index (χ2n) is 6.51. The van der Waals surface area contributed by atoms with E-state index >= 15 is 0 Å². The largest absolute Gasteiger partial charge is 0.380 e. The Kier molecular flexibility index (Phi) is 5.51. The van der Waals surface area contributed by atoms with E-state index in [1.165, 1.54) is 0 Å². The Morgan fingerprint density at radius 1 is 0.857 bits per heavy atom. The van der Waals surface area contributed by atoms with Gasteiger partial charge < -0.3 is 10.1 Å². The number of hydrogen-bond donors (Lipinski definition) is 1. The third kappa shape index (κ3) is 3.98. The number of halogens is 1. The average molecular weight is 390 g/mol. The van der Waals surface area contributed by atoms with Gasteiger partial charge in [-0.05, 0) is 39.9 Å². The topological polar surface area (TPSA) is 47.0 Å². The van der Waals surface area contributed by atoms with Crippen LogP contribution in [0.15, 0.2) is 72.8 Å². The van der Waals surface area contributed by atoms with Crippen LogP contribution in [0.4, 0.5) is 5.82 Å². The summed E-state index contributed by atoms with van der Waals surface area (Å²) in [5.74, 6) is 0.732. The quantitative estimate of drug-likeness (QED) is 0.429. The van der Waals surface area contributed by atoms with Gasteiger partial charge >= 0.3 is 0 Å². The smallest absolute Gasteiger partial charge is 0.224 e. The summed E-state index contributed by atoms with van der Waals surface area (Å²) in [5.41, 5.74) is 5.31. The van der Waals surface area contributed by atoms with Crippen molar-refractivity contribution < 1.29 is 4.74 Å². The standard InChI is InChI=1S/C23H20ClN3O/c1-28-15-17-12-10-16(11-13-17)14-25-22-21-19(18-6-3-2-4-7-18)8-5-9-20(21)26-23(24)27-22/h2-13H,14-15H2,1H3,(H,25,26,27). The Morgan fingerprint density at radius 2 is 1.61 bits per heavy atom. The first-order chi connectivity index (χ1) is 13.7. The molecular weight excluding hydrogens is 370 g/mol. The molecule has 0 saturated heterocycles. The molecule has 4 aromatic rings. The van der Waals surface area contributed by atoms with Gasteiger partial charge in [0.05, 0.1) is 17.5 Å². The van der Waals surface area contributed by atoms with Crippen LogP contribution in [0.5, 0.6) is 0 Å². The summed E-state index contributed by atoms with van der Waals surface area (Å²) in [6.07, 6.45) is 0. The maximum Gasteiger partial charge on any atom is 0.224 e.